The van der Waals surface area contributed by atoms with E-state index in [9.17, 15) is 0 Å². The molecular formula is C38H47ClN2O2. The van der Waals surface area contributed by atoms with Crippen LogP contribution in [0, 0.1) is 0 Å². The summed E-state index contributed by atoms with van der Waals surface area (Å²) in [5.74, 6) is 2.33. The number of rotatable bonds is 18. The van der Waals surface area contributed by atoms with Gasteiger partial charge in [0.25, 0.3) is 0 Å². The minimum atomic E-state index is 0.593. The van der Waals surface area contributed by atoms with Gasteiger partial charge < -0.3 is 14.4 Å². The Hall–Kier alpha value is -3.50. The molecule has 0 aliphatic rings. The van der Waals surface area contributed by atoms with Gasteiger partial charge in [-0.15, -0.1) is 11.6 Å². The number of ether oxygens (including phenoxy) is 2. The molecule has 0 aliphatic carbocycles. The lowest BCUT2D eigenvalue weighted by molar-refractivity contribution is 0.306. The molecule has 0 saturated carbocycles. The molecule has 0 aliphatic heterocycles. The van der Waals surface area contributed by atoms with Gasteiger partial charge >= 0.3 is 0 Å². The molecule has 0 N–H and O–H groups in total. The summed E-state index contributed by atoms with van der Waals surface area (Å²) >= 11 is 5.99. The maximum absolute atomic E-state index is 6.32. The van der Waals surface area contributed by atoms with Crippen LogP contribution in [0.1, 0.15) is 65.2 Å². The first-order valence-corrected chi connectivity index (χ1v) is 16.5. The van der Waals surface area contributed by atoms with Crippen LogP contribution in [0.25, 0.3) is 33.6 Å². The van der Waals surface area contributed by atoms with E-state index in [0.717, 1.165) is 70.2 Å². The molecule has 1 aromatic heterocycles. The fourth-order valence-corrected chi connectivity index (χ4v) is 5.42. The SMILES string of the molecule is CCCCCCOc1ccccc1-c1cc(-c2ccc(N(C)CCCl)cc2)cc(-c2ccccc2OCCCCCC)n1. The lowest BCUT2D eigenvalue weighted by Crippen LogP contribution is -2.19. The Kier molecular flexibility index (Phi) is 13.2. The molecule has 0 saturated heterocycles. The van der Waals surface area contributed by atoms with Gasteiger partial charge in [-0.25, -0.2) is 4.98 Å². The van der Waals surface area contributed by atoms with Crippen molar-refractivity contribution in [2.75, 3.05) is 37.6 Å². The van der Waals surface area contributed by atoms with Crippen molar-refractivity contribution in [2.24, 2.45) is 0 Å². The number of hydrogen-bond acceptors (Lipinski definition) is 4. The maximum Gasteiger partial charge on any atom is 0.128 e. The molecule has 0 atom stereocenters. The number of para-hydroxylation sites is 2. The van der Waals surface area contributed by atoms with Crippen molar-refractivity contribution >= 4 is 17.3 Å². The molecule has 0 radical (unpaired) electrons. The molecule has 1 heterocycles. The van der Waals surface area contributed by atoms with Crippen molar-refractivity contribution < 1.29 is 9.47 Å². The number of halogens is 1. The van der Waals surface area contributed by atoms with Crippen molar-refractivity contribution in [3.63, 3.8) is 0 Å². The Labute approximate surface area is 264 Å². The van der Waals surface area contributed by atoms with Gasteiger partial charge in [-0.05, 0) is 72.5 Å². The Morgan fingerprint density at radius 2 is 1.14 bits per heavy atom. The van der Waals surface area contributed by atoms with Crippen molar-refractivity contribution in [2.45, 2.75) is 65.2 Å². The monoisotopic (exact) mass is 598 g/mol. The Morgan fingerprint density at radius 1 is 0.628 bits per heavy atom. The summed E-state index contributed by atoms with van der Waals surface area (Å²) in [6.07, 6.45) is 9.36. The van der Waals surface area contributed by atoms with E-state index in [1.165, 1.54) is 38.5 Å². The number of alkyl halides is 1. The first kappa shape index (κ1) is 32.4. The largest absolute Gasteiger partial charge is 0.493 e. The lowest BCUT2D eigenvalue weighted by atomic mass is 9.99. The number of nitrogens with zero attached hydrogens (tertiary/aromatic N) is 2. The maximum atomic E-state index is 6.32. The normalized spacial score (nSPS) is 11.0. The molecule has 0 amide bonds. The second-order valence-corrected chi connectivity index (χ2v) is 11.5. The van der Waals surface area contributed by atoms with Gasteiger partial charge in [0.1, 0.15) is 11.5 Å². The minimum absolute atomic E-state index is 0.593. The van der Waals surface area contributed by atoms with E-state index in [4.69, 9.17) is 26.1 Å². The minimum Gasteiger partial charge on any atom is -0.493 e. The lowest BCUT2D eigenvalue weighted by Gasteiger charge is -2.18. The summed E-state index contributed by atoms with van der Waals surface area (Å²) in [5, 5.41) is 0. The van der Waals surface area contributed by atoms with E-state index in [1.807, 2.05) is 12.1 Å². The zero-order valence-electron chi connectivity index (χ0n) is 26.2. The number of hydrogen-bond donors (Lipinski definition) is 0. The van der Waals surface area contributed by atoms with Gasteiger partial charge in [-0.3, -0.25) is 0 Å². The predicted molar refractivity (Wildman–Crippen MR) is 184 cm³/mol. The number of pyridine rings is 1. The number of anilines is 1. The number of aromatic nitrogens is 1. The zero-order chi connectivity index (χ0) is 30.3. The molecule has 3 aromatic carbocycles. The quantitative estimate of drug-likeness (QED) is 0.0842. The van der Waals surface area contributed by atoms with E-state index in [2.05, 4.69) is 98.6 Å². The van der Waals surface area contributed by atoms with E-state index in [0.29, 0.717) is 19.1 Å². The molecular weight excluding hydrogens is 552 g/mol. The molecule has 43 heavy (non-hydrogen) atoms. The predicted octanol–water partition coefficient (Wildman–Crippen LogP) is 10.7. The average molecular weight is 599 g/mol. The second-order valence-electron chi connectivity index (χ2n) is 11.1. The number of benzene rings is 3. The summed E-state index contributed by atoms with van der Waals surface area (Å²) in [6.45, 7) is 6.67. The van der Waals surface area contributed by atoms with Crippen LogP contribution in [-0.4, -0.2) is 37.7 Å². The van der Waals surface area contributed by atoms with E-state index in [1.54, 1.807) is 0 Å². The fourth-order valence-electron chi connectivity index (χ4n) is 5.17. The highest BCUT2D eigenvalue weighted by Gasteiger charge is 2.15. The van der Waals surface area contributed by atoms with Crippen LogP contribution in [0.3, 0.4) is 0 Å². The summed E-state index contributed by atoms with van der Waals surface area (Å²) in [6, 6.07) is 29.5. The molecule has 4 rings (SSSR count). The van der Waals surface area contributed by atoms with Gasteiger partial charge in [0, 0.05) is 36.3 Å². The van der Waals surface area contributed by atoms with Crippen molar-refractivity contribution in [1.82, 2.24) is 4.98 Å². The third kappa shape index (κ3) is 9.49. The standard InChI is InChI=1S/C38H47ClN2O2/c1-4-6-8-14-26-42-37-18-12-10-16-33(37)35-28-31(30-20-22-32(23-21-30)41(3)25-24-39)29-36(40-35)34-17-11-13-19-38(34)43-27-15-9-7-5-2/h10-13,16-23,28-29H,4-9,14-15,24-27H2,1-3H3. The fraction of sp³-hybridized carbons (Fsp3) is 0.395. The summed E-state index contributed by atoms with van der Waals surface area (Å²) in [7, 11) is 2.07. The van der Waals surface area contributed by atoms with Gasteiger partial charge in [0.2, 0.25) is 0 Å². The molecule has 0 spiro atoms. The third-order valence-electron chi connectivity index (χ3n) is 7.72. The summed E-state index contributed by atoms with van der Waals surface area (Å²) in [4.78, 5) is 7.39. The topological polar surface area (TPSA) is 34.6 Å². The highest BCUT2D eigenvalue weighted by molar-refractivity contribution is 6.18. The molecule has 4 nitrogen and oxygen atoms in total. The first-order valence-electron chi connectivity index (χ1n) is 16.0. The zero-order valence-corrected chi connectivity index (χ0v) is 26.9. The van der Waals surface area contributed by atoms with Crippen LogP contribution in [0.4, 0.5) is 5.69 Å². The Balaban J connectivity index is 1.72. The highest BCUT2D eigenvalue weighted by atomic mass is 35.5. The Bertz CT molecular complexity index is 1310. The highest BCUT2D eigenvalue weighted by Crippen LogP contribution is 2.37. The molecule has 0 unspecified atom stereocenters. The van der Waals surface area contributed by atoms with Crippen LogP contribution < -0.4 is 14.4 Å². The molecule has 228 valence electrons. The van der Waals surface area contributed by atoms with Crippen LogP contribution in [0.5, 0.6) is 11.5 Å². The number of unbranched alkanes of at least 4 members (excludes halogenated alkanes) is 6. The smallest absolute Gasteiger partial charge is 0.128 e. The van der Waals surface area contributed by atoms with Crippen molar-refractivity contribution in [1.29, 1.82) is 0 Å². The van der Waals surface area contributed by atoms with Crippen molar-refractivity contribution in [3.05, 3.63) is 84.9 Å². The van der Waals surface area contributed by atoms with E-state index in [-0.39, 0.29) is 0 Å². The van der Waals surface area contributed by atoms with Gasteiger partial charge in [-0.1, -0.05) is 88.8 Å². The van der Waals surface area contributed by atoms with Crippen LogP contribution in [0.2, 0.25) is 0 Å². The summed E-state index contributed by atoms with van der Waals surface area (Å²) < 4.78 is 12.6. The molecule has 0 fully saturated rings. The van der Waals surface area contributed by atoms with Crippen LogP contribution >= 0.6 is 11.6 Å². The van der Waals surface area contributed by atoms with Gasteiger partial charge in [0.05, 0.1) is 24.6 Å². The third-order valence-corrected chi connectivity index (χ3v) is 7.89. The average Bonchev–Trinajstić information content (AvgIpc) is 3.05. The van der Waals surface area contributed by atoms with Crippen LogP contribution in [0.15, 0.2) is 84.9 Å². The van der Waals surface area contributed by atoms with Gasteiger partial charge in [-0.2, -0.15) is 0 Å². The molecule has 0 bridgehead atoms. The van der Waals surface area contributed by atoms with Crippen LogP contribution in [-0.2, 0) is 0 Å². The molecule has 4 aromatic rings. The summed E-state index contributed by atoms with van der Waals surface area (Å²) in [5.41, 5.74) is 7.14. The molecule has 5 heteroatoms. The first-order chi connectivity index (χ1) is 21.1. The van der Waals surface area contributed by atoms with Crippen molar-refractivity contribution in [3.8, 4) is 45.1 Å². The second kappa shape index (κ2) is 17.6. The Morgan fingerprint density at radius 3 is 1.63 bits per heavy atom. The van der Waals surface area contributed by atoms with E-state index >= 15 is 0 Å². The van der Waals surface area contributed by atoms with E-state index < -0.39 is 0 Å². The van der Waals surface area contributed by atoms with Gasteiger partial charge in [0.15, 0.2) is 0 Å².